The number of aromatic nitrogens is 2. The Bertz CT molecular complexity index is 852. The predicted octanol–water partition coefficient (Wildman–Crippen LogP) is 4.37. The van der Waals surface area contributed by atoms with E-state index in [0.29, 0.717) is 22.3 Å². The van der Waals surface area contributed by atoms with Crippen molar-refractivity contribution in [1.29, 1.82) is 0 Å². The molecule has 128 valence electrons. The number of para-hydroxylation sites is 2. The largest absolute Gasteiger partial charge is 0.325 e. The molecule has 3 rings (SSSR count). The van der Waals surface area contributed by atoms with Crippen molar-refractivity contribution in [3.63, 3.8) is 0 Å². The molecule has 0 fully saturated rings. The number of halogens is 2. The summed E-state index contributed by atoms with van der Waals surface area (Å²) in [7, 11) is 0. The quantitative estimate of drug-likeness (QED) is 0.665. The molecule has 1 heterocycles. The molecule has 1 amide bonds. The average molecular weight is 359 g/mol. The van der Waals surface area contributed by atoms with Crippen LogP contribution in [-0.4, -0.2) is 21.4 Å². The molecule has 0 saturated heterocycles. The number of rotatable bonds is 6. The molecule has 0 aliphatic rings. The van der Waals surface area contributed by atoms with Crippen molar-refractivity contribution in [1.82, 2.24) is 9.78 Å². The maximum atomic E-state index is 12.6. The Kier molecular flexibility index (Phi) is 5.45. The van der Waals surface area contributed by atoms with E-state index in [1.165, 1.54) is 0 Å². The molecule has 0 spiro atoms. The number of hydrogen-bond donors (Lipinski definition) is 1. The number of thioether (sulfide) groups is 1. The first-order valence-electron chi connectivity index (χ1n) is 7.54. The summed E-state index contributed by atoms with van der Waals surface area (Å²) in [6, 6.07) is 16.1. The minimum absolute atomic E-state index is 0.112. The lowest BCUT2D eigenvalue weighted by atomic mass is 10.2. The monoisotopic (exact) mass is 359 g/mol. The number of anilines is 1. The second-order valence-corrected chi connectivity index (χ2v) is 6.26. The van der Waals surface area contributed by atoms with Crippen molar-refractivity contribution in [2.24, 2.45) is 0 Å². The molecule has 0 atom stereocenters. The zero-order chi connectivity index (χ0) is 17.6. The van der Waals surface area contributed by atoms with Crippen molar-refractivity contribution in [3.05, 3.63) is 72.6 Å². The summed E-state index contributed by atoms with van der Waals surface area (Å²) in [6.07, 6.45) is 3.50. The van der Waals surface area contributed by atoms with E-state index in [9.17, 15) is 13.6 Å². The number of benzene rings is 2. The van der Waals surface area contributed by atoms with Gasteiger partial charge in [0.15, 0.2) is 0 Å². The lowest BCUT2D eigenvalue weighted by molar-refractivity contribution is -0.115. The Labute approximate surface area is 147 Å². The van der Waals surface area contributed by atoms with Crippen LogP contribution in [0.5, 0.6) is 0 Å². The molecule has 2 aromatic carbocycles. The van der Waals surface area contributed by atoms with Gasteiger partial charge in [-0.25, -0.2) is 4.68 Å². The summed E-state index contributed by atoms with van der Waals surface area (Å²) in [5.41, 5.74) is 2.02. The van der Waals surface area contributed by atoms with Crippen LogP contribution in [-0.2, 0) is 11.2 Å². The minimum Gasteiger partial charge on any atom is -0.325 e. The highest BCUT2D eigenvalue weighted by atomic mass is 32.2. The summed E-state index contributed by atoms with van der Waals surface area (Å²) in [4.78, 5) is 12.6. The maximum Gasteiger partial charge on any atom is 0.288 e. The summed E-state index contributed by atoms with van der Waals surface area (Å²) < 4.78 is 26.9. The van der Waals surface area contributed by atoms with Gasteiger partial charge < -0.3 is 5.32 Å². The molecule has 4 nitrogen and oxygen atoms in total. The number of nitrogens with one attached hydrogen (secondary N) is 1. The van der Waals surface area contributed by atoms with Gasteiger partial charge in [0, 0.05) is 11.1 Å². The van der Waals surface area contributed by atoms with Gasteiger partial charge in [-0.2, -0.15) is 13.9 Å². The Morgan fingerprint density at radius 1 is 1.12 bits per heavy atom. The van der Waals surface area contributed by atoms with Crippen molar-refractivity contribution in [2.75, 3.05) is 5.32 Å². The molecule has 0 aliphatic carbocycles. The predicted molar refractivity (Wildman–Crippen MR) is 94.2 cm³/mol. The fourth-order valence-corrected chi connectivity index (χ4v) is 2.92. The van der Waals surface area contributed by atoms with E-state index in [1.807, 2.05) is 30.3 Å². The fourth-order valence-electron chi connectivity index (χ4n) is 2.32. The SMILES string of the molecule is O=C(Cc1cnn(-c2ccccc2)c1)Nc1ccccc1SC(F)F. The van der Waals surface area contributed by atoms with Crippen molar-refractivity contribution in [2.45, 2.75) is 17.1 Å². The van der Waals surface area contributed by atoms with Gasteiger partial charge in [0.25, 0.3) is 5.76 Å². The van der Waals surface area contributed by atoms with E-state index < -0.39 is 5.76 Å². The van der Waals surface area contributed by atoms with Gasteiger partial charge in [0.2, 0.25) is 5.91 Å². The van der Waals surface area contributed by atoms with Crippen LogP contribution in [0.3, 0.4) is 0 Å². The highest BCUT2D eigenvalue weighted by molar-refractivity contribution is 7.99. The Morgan fingerprint density at radius 2 is 1.84 bits per heavy atom. The molecule has 0 bridgehead atoms. The van der Waals surface area contributed by atoms with E-state index in [1.54, 1.807) is 41.3 Å². The molecular formula is C18H15F2N3OS. The van der Waals surface area contributed by atoms with Crippen molar-refractivity contribution < 1.29 is 13.6 Å². The summed E-state index contributed by atoms with van der Waals surface area (Å²) in [5, 5.41) is 6.92. The smallest absolute Gasteiger partial charge is 0.288 e. The first kappa shape index (κ1) is 17.2. The van der Waals surface area contributed by atoms with Crippen LogP contribution < -0.4 is 5.32 Å². The van der Waals surface area contributed by atoms with Gasteiger partial charge in [-0.05, 0) is 29.8 Å². The van der Waals surface area contributed by atoms with Crippen LogP contribution in [0, 0.1) is 0 Å². The van der Waals surface area contributed by atoms with E-state index in [-0.39, 0.29) is 12.3 Å². The highest BCUT2D eigenvalue weighted by Crippen LogP contribution is 2.31. The molecule has 1 N–H and O–H groups in total. The standard InChI is InChI=1S/C18H15F2N3OS/c19-18(20)25-16-9-5-4-8-15(16)22-17(24)10-13-11-21-23(12-13)14-6-2-1-3-7-14/h1-9,11-12,18H,10H2,(H,22,24). The number of alkyl halides is 2. The molecule has 0 radical (unpaired) electrons. The number of hydrogen-bond acceptors (Lipinski definition) is 3. The zero-order valence-corrected chi connectivity index (χ0v) is 13.9. The zero-order valence-electron chi connectivity index (χ0n) is 13.1. The summed E-state index contributed by atoms with van der Waals surface area (Å²) >= 11 is 0.410. The first-order valence-corrected chi connectivity index (χ1v) is 8.42. The average Bonchev–Trinajstić information content (AvgIpc) is 3.05. The minimum atomic E-state index is -2.54. The van der Waals surface area contributed by atoms with Gasteiger partial charge in [-0.3, -0.25) is 4.79 Å². The Morgan fingerprint density at radius 3 is 2.60 bits per heavy atom. The van der Waals surface area contributed by atoms with Crippen LogP contribution in [0.2, 0.25) is 0 Å². The Hall–Kier alpha value is -2.67. The van der Waals surface area contributed by atoms with Gasteiger partial charge in [0.1, 0.15) is 0 Å². The molecular weight excluding hydrogens is 344 g/mol. The molecule has 0 saturated carbocycles. The number of nitrogens with zero attached hydrogens (tertiary/aromatic N) is 2. The van der Waals surface area contributed by atoms with Crippen LogP contribution in [0.15, 0.2) is 71.9 Å². The Balaban J connectivity index is 1.67. The van der Waals surface area contributed by atoms with E-state index in [0.717, 1.165) is 11.3 Å². The summed E-state index contributed by atoms with van der Waals surface area (Å²) in [6.45, 7) is 0. The lowest BCUT2D eigenvalue weighted by Gasteiger charge is -2.09. The molecule has 25 heavy (non-hydrogen) atoms. The van der Waals surface area contributed by atoms with Crippen LogP contribution in [0.25, 0.3) is 5.69 Å². The molecule has 0 aliphatic heterocycles. The topological polar surface area (TPSA) is 46.9 Å². The number of carbonyl (C=O) groups excluding carboxylic acids is 1. The molecule has 1 aromatic heterocycles. The summed E-state index contributed by atoms with van der Waals surface area (Å²) in [5.74, 6) is -2.82. The van der Waals surface area contributed by atoms with Gasteiger partial charge in [0.05, 0.1) is 24.0 Å². The normalized spacial score (nSPS) is 10.8. The van der Waals surface area contributed by atoms with Crippen LogP contribution in [0.1, 0.15) is 5.56 Å². The third-order valence-electron chi connectivity index (χ3n) is 3.40. The highest BCUT2D eigenvalue weighted by Gasteiger charge is 2.13. The first-order chi connectivity index (χ1) is 12.1. The number of carbonyl (C=O) groups is 1. The molecule has 0 unspecified atom stereocenters. The van der Waals surface area contributed by atoms with Gasteiger partial charge in [-0.1, -0.05) is 42.1 Å². The van der Waals surface area contributed by atoms with Crippen molar-refractivity contribution in [3.8, 4) is 5.69 Å². The molecule has 7 heteroatoms. The number of amides is 1. The van der Waals surface area contributed by atoms with Crippen molar-refractivity contribution >= 4 is 23.4 Å². The maximum absolute atomic E-state index is 12.6. The molecule has 3 aromatic rings. The van der Waals surface area contributed by atoms with Crippen LogP contribution in [0.4, 0.5) is 14.5 Å². The van der Waals surface area contributed by atoms with E-state index in [2.05, 4.69) is 10.4 Å². The van der Waals surface area contributed by atoms with E-state index in [4.69, 9.17) is 0 Å². The van der Waals surface area contributed by atoms with Crippen LogP contribution >= 0.6 is 11.8 Å². The fraction of sp³-hybridized carbons (Fsp3) is 0.111. The third-order valence-corrected chi connectivity index (χ3v) is 4.19. The second-order valence-electron chi connectivity index (χ2n) is 5.23. The van der Waals surface area contributed by atoms with E-state index >= 15 is 0 Å². The lowest BCUT2D eigenvalue weighted by Crippen LogP contribution is -2.14. The third kappa shape index (κ3) is 4.67. The van der Waals surface area contributed by atoms with Gasteiger partial charge in [-0.15, -0.1) is 0 Å². The second kappa shape index (κ2) is 7.94. The van der Waals surface area contributed by atoms with Gasteiger partial charge >= 0.3 is 0 Å².